The minimum atomic E-state index is -4.19. The minimum absolute atomic E-state index is 0.0101. The summed E-state index contributed by atoms with van der Waals surface area (Å²) < 4.78 is 29.1. The first-order valence-electron chi connectivity index (χ1n) is 11.2. The summed E-state index contributed by atoms with van der Waals surface area (Å²) in [5, 5.41) is 12.1. The lowest BCUT2D eigenvalue weighted by Crippen LogP contribution is -2.36. The first-order chi connectivity index (χ1) is 16.6. The minimum Gasteiger partial charge on any atom is -0.480 e. The molecule has 0 radical (unpaired) electrons. The van der Waals surface area contributed by atoms with Crippen LogP contribution in [-0.2, 0) is 33.3 Å². The van der Waals surface area contributed by atoms with Crippen molar-refractivity contribution in [1.82, 2.24) is 5.09 Å². The van der Waals surface area contributed by atoms with Crippen LogP contribution in [0.2, 0.25) is 10.0 Å². The SMILES string of the molecule is CCC[C@@]12CCC(=O)C=C1c1c(cc(OCC(=O)O)c(Cl)c1Cl)C2NP(=O)(OOCC)OOCC. The van der Waals surface area contributed by atoms with E-state index < -0.39 is 31.8 Å². The predicted octanol–water partition coefficient (Wildman–Crippen LogP) is 5.68. The van der Waals surface area contributed by atoms with Crippen LogP contribution in [0.3, 0.4) is 0 Å². The van der Waals surface area contributed by atoms with Crippen molar-refractivity contribution in [1.29, 1.82) is 0 Å². The monoisotopic (exact) mass is 551 g/mol. The fourth-order valence-electron chi connectivity index (χ4n) is 4.64. The van der Waals surface area contributed by atoms with Crippen LogP contribution in [0.4, 0.5) is 0 Å². The van der Waals surface area contributed by atoms with Gasteiger partial charge in [-0.15, -0.1) is 9.35 Å². The highest BCUT2D eigenvalue weighted by Gasteiger charge is 2.54. The maximum Gasteiger partial charge on any atom is 0.460 e. The summed E-state index contributed by atoms with van der Waals surface area (Å²) in [5.41, 5.74) is 0.941. The number of halogens is 2. The van der Waals surface area contributed by atoms with Crippen molar-refractivity contribution in [2.45, 2.75) is 52.5 Å². The number of carboxylic acid groups (broad SMARTS) is 1. The number of ketones is 1. The molecule has 2 aliphatic rings. The smallest absolute Gasteiger partial charge is 0.460 e. The van der Waals surface area contributed by atoms with Crippen LogP contribution in [0, 0.1) is 5.41 Å². The third-order valence-electron chi connectivity index (χ3n) is 5.87. The Morgan fingerprint density at radius 3 is 2.43 bits per heavy atom. The summed E-state index contributed by atoms with van der Waals surface area (Å²) in [6, 6.07) is 0.794. The Bertz CT molecular complexity index is 1050. The summed E-state index contributed by atoms with van der Waals surface area (Å²) in [6.45, 7) is 4.83. The summed E-state index contributed by atoms with van der Waals surface area (Å²) in [7, 11) is -4.19. The number of carboxylic acids is 1. The maximum atomic E-state index is 13.6. The quantitative estimate of drug-likeness (QED) is 0.179. The van der Waals surface area contributed by atoms with E-state index >= 15 is 0 Å². The van der Waals surface area contributed by atoms with Gasteiger partial charge in [0.05, 0.1) is 24.3 Å². The molecule has 0 saturated carbocycles. The van der Waals surface area contributed by atoms with Crippen molar-refractivity contribution in [2.24, 2.45) is 5.41 Å². The highest BCUT2D eigenvalue weighted by atomic mass is 35.5. The van der Waals surface area contributed by atoms with Crippen molar-refractivity contribution in [3.63, 3.8) is 0 Å². The van der Waals surface area contributed by atoms with Crippen molar-refractivity contribution in [3.05, 3.63) is 33.3 Å². The summed E-state index contributed by atoms with van der Waals surface area (Å²) in [6.07, 6.45) is 3.57. The molecule has 3 rings (SSSR count). The number of carbonyl (C=O) groups excluding carboxylic acids is 1. The molecule has 0 bridgehead atoms. The number of fused-ring (bicyclic) bond motifs is 3. The van der Waals surface area contributed by atoms with E-state index in [4.69, 9.17) is 52.2 Å². The third-order valence-corrected chi connectivity index (χ3v) is 7.90. The third kappa shape index (κ3) is 5.76. The van der Waals surface area contributed by atoms with Crippen LogP contribution in [-0.4, -0.2) is 36.7 Å². The topological polar surface area (TPSA) is 130 Å². The lowest BCUT2D eigenvalue weighted by Gasteiger charge is -2.40. The van der Waals surface area contributed by atoms with E-state index in [1.165, 1.54) is 12.1 Å². The second kappa shape index (κ2) is 11.7. The fraction of sp³-hybridized carbons (Fsp3) is 0.545. The Balaban J connectivity index is 2.21. The largest absolute Gasteiger partial charge is 0.480 e. The standard InChI is InChI=1S/C22H28Cl2NO9P/c1-4-8-22-9-7-13(26)10-15(22)18-14(11-16(19(23)20(18)24)30-12-17(27)28)21(22)25-35(29,33-31-5-2)34-32-6-3/h10-11,21H,4-9,12H2,1-3H3,(H,25,29)(H,27,28)/t21?,22-/m1/s1. The van der Waals surface area contributed by atoms with Gasteiger partial charge in [-0.1, -0.05) is 36.5 Å². The zero-order valence-corrected chi connectivity index (χ0v) is 22.0. The fourth-order valence-corrected chi connectivity index (χ4v) is 6.45. The lowest BCUT2D eigenvalue weighted by atomic mass is 9.68. The zero-order chi connectivity index (χ0) is 25.8. The number of aliphatic carboxylic acids is 1. The number of carbonyl (C=O) groups is 2. The second-order valence-electron chi connectivity index (χ2n) is 8.10. The van der Waals surface area contributed by atoms with E-state index in [-0.39, 0.29) is 41.2 Å². The molecule has 1 aromatic rings. The Kier molecular flexibility index (Phi) is 9.39. The summed E-state index contributed by atoms with van der Waals surface area (Å²) >= 11 is 13.1. The molecule has 0 aliphatic heterocycles. The molecule has 35 heavy (non-hydrogen) atoms. The number of hydrogen-bond acceptors (Lipinski definition) is 8. The van der Waals surface area contributed by atoms with Crippen molar-refractivity contribution < 1.29 is 43.1 Å². The van der Waals surface area contributed by atoms with E-state index in [0.717, 1.165) is 6.42 Å². The molecule has 1 unspecified atom stereocenters. The molecule has 2 N–H and O–H groups in total. The molecule has 2 atom stereocenters. The predicted molar refractivity (Wildman–Crippen MR) is 128 cm³/mol. The van der Waals surface area contributed by atoms with Gasteiger partial charge < -0.3 is 9.84 Å². The van der Waals surface area contributed by atoms with Crippen LogP contribution in [0.1, 0.15) is 63.6 Å². The molecular formula is C22H28Cl2NO9P. The van der Waals surface area contributed by atoms with E-state index in [1.54, 1.807) is 13.8 Å². The van der Waals surface area contributed by atoms with Gasteiger partial charge in [-0.05, 0) is 50.0 Å². The normalized spacial score (nSPS) is 21.5. The van der Waals surface area contributed by atoms with Gasteiger partial charge in [0.25, 0.3) is 0 Å². The first-order valence-corrected chi connectivity index (χ1v) is 13.5. The Morgan fingerprint density at radius 1 is 1.20 bits per heavy atom. The lowest BCUT2D eigenvalue weighted by molar-refractivity contribution is -0.266. The zero-order valence-electron chi connectivity index (χ0n) is 19.6. The highest BCUT2D eigenvalue weighted by molar-refractivity contribution is 7.51. The van der Waals surface area contributed by atoms with E-state index in [0.29, 0.717) is 29.5 Å². The molecule has 2 aliphatic carbocycles. The molecule has 10 nitrogen and oxygen atoms in total. The van der Waals surface area contributed by atoms with Crippen molar-refractivity contribution >= 4 is 48.3 Å². The molecule has 1 aromatic carbocycles. The van der Waals surface area contributed by atoms with Crippen molar-refractivity contribution in [3.8, 4) is 5.75 Å². The number of rotatable bonds is 13. The van der Waals surface area contributed by atoms with E-state index in [2.05, 4.69) is 5.09 Å². The van der Waals surface area contributed by atoms with Crippen LogP contribution in [0.5, 0.6) is 5.75 Å². The number of benzene rings is 1. The molecule has 0 heterocycles. The molecule has 13 heteroatoms. The Labute approximate surface area is 213 Å². The molecule has 0 amide bonds. The van der Waals surface area contributed by atoms with Crippen LogP contribution in [0.15, 0.2) is 12.1 Å². The molecular weight excluding hydrogens is 524 g/mol. The molecule has 0 fully saturated rings. The van der Waals surface area contributed by atoms with Gasteiger partial charge in [0, 0.05) is 17.4 Å². The highest BCUT2D eigenvalue weighted by Crippen LogP contribution is 2.65. The molecule has 0 aromatic heterocycles. The maximum absolute atomic E-state index is 13.6. The van der Waals surface area contributed by atoms with Gasteiger partial charge in [0.1, 0.15) is 10.8 Å². The number of nitrogens with one attached hydrogen (secondary N) is 1. The average molecular weight is 552 g/mol. The summed E-state index contributed by atoms with van der Waals surface area (Å²) in [4.78, 5) is 33.4. The Morgan fingerprint density at radius 2 is 1.86 bits per heavy atom. The number of ether oxygens (including phenoxy) is 1. The molecule has 0 saturated heterocycles. The second-order valence-corrected chi connectivity index (χ2v) is 10.4. The Hall–Kier alpha value is -1.49. The van der Waals surface area contributed by atoms with Gasteiger partial charge in [-0.3, -0.25) is 4.79 Å². The molecule has 0 spiro atoms. The van der Waals surface area contributed by atoms with Gasteiger partial charge in [0.15, 0.2) is 12.4 Å². The number of allylic oxidation sites excluding steroid dienone is 1. The summed E-state index contributed by atoms with van der Waals surface area (Å²) in [5.74, 6) is -1.24. The van der Waals surface area contributed by atoms with E-state index in [1.807, 2.05) is 6.92 Å². The van der Waals surface area contributed by atoms with E-state index in [9.17, 15) is 14.2 Å². The van der Waals surface area contributed by atoms with Gasteiger partial charge in [-0.25, -0.2) is 24.2 Å². The van der Waals surface area contributed by atoms with Gasteiger partial charge in [0.2, 0.25) is 0 Å². The van der Waals surface area contributed by atoms with Crippen molar-refractivity contribution in [2.75, 3.05) is 19.8 Å². The van der Waals surface area contributed by atoms with Gasteiger partial charge in [-0.2, -0.15) is 0 Å². The first kappa shape index (κ1) is 28.1. The average Bonchev–Trinajstić information content (AvgIpc) is 3.06. The van der Waals surface area contributed by atoms with Crippen LogP contribution in [0.25, 0.3) is 5.57 Å². The molecule has 194 valence electrons. The van der Waals surface area contributed by atoms with Gasteiger partial charge >= 0.3 is 13.7 Å². The number of hydrogen-bond donors (Lipinski definition) is 2. The van der Waals surface area contributed by atoms with Crippen LogP contribution < -0.4 is 9.82 Å². The van der Waals surface area contributed by atoms with Crippen LogP contribution >= 0.6 is 30.9 Å².